The number of nitrogens with zero attached hydrogens (tertiary/aromatic N) is 2. The summed E-state index contributed by atoms with van der Waals surface area (Å²) in [5, 5.41) is 5.91. The Labute approximate surface area is 227 Å². The van der Waals surface area contributed by atoms with E-state index < -0.39 is 30.2 Å². The maximum atomic E-state index is 13.5. The Balaban J connectivity index is 1.53. The van der Waals surface area contributed by atoms with Crippen LogP contribution in [0.3, 0.4) is 0 Å². The minimum Gasteiger partial charge on any atom is -0.356 e. The molecular formula is C29H25F4N5O2. The number of halogens is 4. The number of H-pyrrole nitrogens is 1. The lowest BCUT2D eigenvalue weighted by Gasteiger charge is -2.30. The van der Waals surface area contributed by atoms with Gasteiger partial charge in [0.1, 0.15) is 11.6 Å². The molecule has 3 heterocycles. The number of carbonyl (C=O) groups is 2. The molecule has 1 aliphatic heterocycles. The summed E-state index contributed by atoms with van der Waals surface area (Å²) in [5.41, 5.74) is 2.82. The fourth-order valence-corrected chi connectivity index (χ4v) is 4.83. The van der Waals surface area contributed by atoms with E-state index in [1.54, 1.807) is 36.4 Å². The Morgan fingerprint density at radius 1 is 1.10 bits per heavy atom. The number of anilines is 3. The fraction of sp³-hybridized carbons (Fsp3) is 0.207. The number of amides is 2. The summed E-state index contributed by atoms with van der Waals surface area (Å²) in [7, 11) is 1.48. The van der Waals surface area contributed by atoms with Crippen molar-refractivity contribution < 1.29 is 27.2 Å². The van der Waals surface area contributed by atoms with Crippen molar-refractivity contribution in [3.05, 3.63) is 95.6 Å². The van der Waals surface area contributed by atoms with Crippen LogP contribution in [0, 0.1) is 5.82 Å². The van der Waals surface area contributed by atoms with Crippen LogP contribution in [0.1, 0.15) is 34.0 Å². The van der Waals surface area contributed by atoms with Crippen molar-refractivity contribution in [3.63, 3.8) is 0 Å². The number of hydrogen-bond donors (Lipinski definition) is 3. The summed E-state index contributed by atoms with van der Waals surface area (Å²) >= 11 is 0. The van der Waals surface area contributed by atoms with Crippen LogP contribution in [0.5, 0.6) is 0 Å². The Bertz CT molecular complexity index is 1530. The van der Waals surface area contributed by atoms with Crippen LogP contribution in [-0.2, 0) is 11.2 Å². The van der Waals surface area contributed by atoms with Gasteiger partial charge in [0.05, 0.1) is 29.8 Å². The van der Waals surface area contributed by atoms with E-state index in [4.69, 9.17) is 0 Å². The topological polar surface area (TPSA) is 90.1 Å². The molecule has 0 saturated heterocycles. The largest absolute Gasteiger partial charge is 0.389 e. The number of aromatic nitrogens is 2. The lowest BCUT2D eigenvalue weighted by Crippen LogP contribution is -2.38. The number of carbonyl (C=O) groups excluding carboxylic acids is 2. The molecule has 2 aromatic heterocycles. The predicted molar refractivity (Wildman–Crippen MR) is 143 cm³/mol. The van der Waals surface area contributed by atoms with Gasteiger partial charge < -0.3 is 20.5 Å². The van der Waals surface area contributed by atoms with Crippen molar-refractivity contribution in [1.29, 1.82) is 0 Å². The number of pyridine rings is 1. The summed E-state index contributed by atoms with van der Waals surface area (Å²) < 4.78 is 53.6. The van der Waals surface area contributed by atoms with E-state index >= 15 is 0 Å². The maximum Gasteiger partial charge on any atom is 0.389 e. The zero-order valence-corrected chi connectivity index (χ0v) is 21.3. The van der Waals surface area contributed by atoms with Gasteiger partial charge in [-0.3, -0.25) is 9.59 Å². The third-order valence-corrected chi connectivity index (χ3v) is 6.61. The molecule has 0 radical (unpaired) electrons. The predicted octanol–water partition coefficient (Wildman–Crippen LogP) is 6.26. The highest BCUT2D eigenvalue weighted by atomic mass is 19.4. The van der Waals surface area contributed by atoms with Crippen LogP contribution in [0.2, 0.25) is 0 Å². The van der Waals surface area contributed by atoms with E-state index in [0.717, 1.165) is 0 Å². The Hall–Kier alpha value is -4.67. The molecule has 40 heavy (non-hydrogen) atoms. The molecule has 11 heteroatoms. The number of rotatable bonds is 7. The zero-order valence-electron chi connectivity index (χ0n) is 21.3. The number of likely N-dealkylation sites (N-methyl/N-ethyl adjacent to an activating group) is 1. The molecule has 2 aromatic carbocycles. The highest BCUT2D eigenvalue weighted by molar-refractivity contribution is 6.06. The Kier molecular flexibility index (Phi) is 7.29. The van der Waals surface area contributed by atoms with Gasteiger partial charge in [0.15, 0.2) is 0 Å². The fourth-order valence-electron chi connectivity index (χ4n) is 4.83. The number of fused-ring (bicyclic) bond motifs is 1. The molecule has 206 valence electrons. The summed E-state index contributed by atoms with van der Waals surface area (Å²) in [6.45, 7) is -0.0862. The van der Waals surface area contributed by atoms with Crippen molar-refractivity contribution >= 4 is 29.0 Å². The molecule has 1 aliphatic rings. The SMILES string of the molecule is CN1C[C@H](CC(F)(F)F)c2[nH]c(-c3ccnc(NC(=O)Cc4ccc(F)cc4)c3)c(Nc3ccccc3)c2C1=O. The first-order valence-corrected chi connectivity index (χ1v) is 12.5. The van der Waals surface area contributed by atoms with E-state index in [-0.39, 0.29) is 35.9 Å². The molecule has 0 fully saturated rings. The van der Waals surface area contributed by atoms with E-state index in [2.05, 4.69) is 20.6 Å². The van der Waals surface area contributed by atoms with E-state index in [1.165, 1.54) is 42.4 Å². The summed E-state index contributed by atoms with van der Waals surface area (Å²) in [4.78, 5) is 34.5. The number of benzene rings is 2. The molecule has 0 spiro atoms. The standard InChI is InChI=1S/C29H25F4N5O2/c1-38-16-19(15-29(31,32)33)25-24(28(38)40)27(35-21-5-3-2-4-6-21)26(37-25)18-11-12-34-22(14-18)36-23(39)13-17-7-9-20(30)10-8-17/h2-12,14,19,35,37H,13,15-16H2,1H3,(H,34,36,39)/t19-/m0/s1. The van der Waals surface area contributed by atoms with Gasteiger partial charge in [-0.2, -0.15) is 13.2 Å². The van der Waals surface area contributed by atoms with Crippen LogP contribution in [0.15, 0.2) is 72.9 Å². The number of nitrogens with one attached hydrogen (secondary N) is 3. The second-order valence-electron chi connectivity index (χ2n) is 9.64. The summed E-state index contributed by atoms with van der Waals surface area (Å²) in [5.74, 6) is -1.98. The van der Waals surface area contributed by atoms with Gasteiger partial charge in [-0.25, -0.2) is 9.37 Å². The van der Waals surface area contributed by atoms with Crippen molar-refractivity contribution in [2.75, 3.05) is 24.2 Å². The molecule has 7 nitrogen and oxygen atoms in total. The number of aromatic amines is 1. The van der Waals surface area contributed by atoms with Crippen LogP contribution in [-0.4, -0.2) is 46.5 Å². The molecule has 3 N–H and O–H groups in total. The van der Waals surface area contributed by atoms with Gasteiger partial charge in [0.2, 0.25) is 5.91 Å². The molecule has 4 aromatic rings. The monoisotopic (exact) mass is 551 g/mol. The van der Waals surface area contributed by atoms with Crippen molar-refractivity contribution in [3.8, 4) is 11.3 Å². The highest BCUT2D eigenvalue weighted by Gasteiger charge is 2.41. The molecule has 0 aliphatic carbocycles. The van der Waals surface area contributed by atoms with Crippen molar-refractivity contribution in [2.24, 2.45) is 0 Å². The Morgan fingerprint density at radius 3 is 2.52 bits per heavy atom. The maximum absolute atomic E-state index is 13.5. The number of alkyl halides is 3. The second kappa shape index (κ2) is 10.8. The van der Waals surface area contributed by atoms with Gasteiger partial charge >= 0.3 is 6.18 Å². The molecule has 0 saturated carbocycles. The van der Waals surface area contributed by atoms with Crippen LogP contribution < -0.4 is 10.6 Å². The van der Waals surface area contributed by atoms with E-state index in [0.29, 0.717) is 28.2 Å². The zero-order chi connectivity index (χ0) is 28.4. The molecule has 1 atom stereocenters. The first kappa shape index (κ1) is 26.9. The second-order valence-corrected chi connectivity index (χ2v) is 9.64. The molecule has 5 rings (SSSR count). The lowest BCUT2D eigenvalue weighted by atomic mass is 9.92. The highest BCUT2D eigenvalue weighted by Crippen LogP contribution is 2.44. The third-order valence-electron chi connectivity index (χ3n) is 6.61. The molecule has 0 unspecified atom stereocenters. The van der Waals surface area contributed by atoms with Gasteiger partial charge in [0, 0.05) is 42.7 Å². The minimum atomic E-state index is -4.43. The average molecular weight is 552 g/mol. The molecular weight excluding hydrogens is 526 g/mol. The normalized spacial score (nSPS) is 15.1. The first-order valence-electron chi connectivity index (χ1n) is 12.5. The summed E-state index contributed by atoms with van der Waals surface area (Å²) in [6.07, 6.45) is -4.08. The van der Waals surface area contributed by atoms with E-state index in [9.17, 15) is 27.2 Å². The smallest absolute Gasteiger partial charge is 0.356 e. The third kappa shape index (κ3) is 5.98. The van der Waals surface area contributed by atoms with Gasteiger partial charge in [0.25, 0.3) is 5.91 Å². The van der Waals surface area contributed by atoms with Crippen molar-refractivity contribution in [1.82, 2.24) is 14.9 Å². The molecule has 0 bridgehead atoms. The van der Waals surface area contributed by atoms with Crippen LogP contribution in [0.4, 0.5) is 34.8 Å². The quantitative estimate of drug-likeness (QED) is 0.237. The van der Waals surface area contributed by atoms with Crippen molar-refractivity contribution in [2.45, 2.75) is 24.9 Å². The van der Waals surface area contributed by atoms with Gasteiger partial charge in [-0.15, -0.1) is 0 Å². The lowest BCUT2D eigenvalue weighted by molar-refractivity contribution is -0.139. The van der Waals surface area contributed by atoms with Crippen LogP contribution in [0.25, 0.3) is 11.3 Å². The minimum absolute atomic E-state index is 0.0102. The Morgan fingerprint density at radius 2 is 1.82 bits per heavy atom. The average Bonchev–Trinajstić information content (AvgIpc) is 3.28. The van der Waals surface area contributed by atoms with Crippen LogP contribution >= 0.6 is 0 Å². The van der Waals surface area contributed by atoms with Gasteiger partial charge in [-0.1, -0.05) is 30.3 Å². The number of hydrogen-bond acceptors (Lipinski definition) is 4. The first-order chi connectivity index (χ1) is 19.1. The van der Waals surface area contributed by atoms with E-state index in [1.807, 2.05) is 6.07 Å². The summed E-state index contributed by atoms with van der Waals surface area (Å²) in [6, 6.07) is 17.7. The van der Waals surface area contributed by atoms with Gasteiger partial charge in [-0.05, 0) is 42.0 Å². The number of para-hydroxylation sites is 1. The molecule has 2 amide bonds.